The third-order valence-electron chi connectivity index (χ3n) is 3.80. The van der Waals surface area contributed by atoms with E-state index >= 15 is 0 Å². The number of esters is 1. The molecule has 11 nitrogen and oxygen atoms in total. The summed E-state index contributed by atoms with van der Waals surface area (Å²) in [7, 11) is 1.02. The van der Waals surface area contributed by atoms with E-state index in [1.54, 1.807) is 35.0 Å². The van der Waals surface area contributed by atoms with Crippen LogP contribution in [0.15, 0.2) is 0 Å². The maximum atomic E-state index is 11.3. The highest BCUT2D eigenvalue weighted by Crippen LogP contribution is 2.29. The summed E-state index contributed by atoms with van der Waals surface area (Å²) in [5.74, 6) is -2.07. The van der Waals surface area contributed by atoms with Gasteiger partial charge in [0.1, 0.15) is 0 Å². The first kappa shape index (κ1) is 30.3. The van der Waals surface area contributed by atoms with Gasteiger partial charge in [-0.15, -0.1) is 0 Å². The molecule has 0 saturated carbocycles. The molecule has 0 rings (SSSR count). The third-order valence-corrected chi connectivity index (χ3v) is 6.48. The molecule has 0 heterocycles. The Morgan fingerprint density at radius 2 is 1.39 bits per heavy atom. The van der Waals surface area contributed by atoms with Crippen LogP contribution in [0, 0.1) is 0 Å². The highest BCUT2D eigenvalue weighted by Gasteiger charge is 2.52. The lowest BCUT2D eigenvalue weighted by Crippen LogP contribution is -2.59. The molecule has 0 aliphatic heterocycles. The zero-order valence-electron chi connectivity index (χ0n) is 19.9. The Hall–Kier alpha value is -0.673. The van der Waals surface area contributed by atoms with Gasteiger partial charge in [-0.05, 0) is 20.8 Å². The van der Waals surface area contributed by atoms with E-state index in [1.165, 1.54) is 14.0 Å². The monoisotopic (exact) mass is 472 g/mol. The maximum absolute atomic E-state index is 11.3. The molecule has 0 aliphatic rings. The second-order valence-electron chi connectivity index (χ2n) is 6.03. The Kier molecular flexibility index (Phi) is 17.4. The van der Waals surface area contributed by atoms with Crippen molar-refractivity contribution in [3.8, 4) is 0 Å². The average Bonchev–Trinajstić information content (AvgIpc) is 2.73. The van der Waals surface area contributed by atoms with Gasteiger partial charge in [0, 0.05) is 48.1 Å². The Morgan fingerprint density at radius 3 is 1.77 bits per heavy atom. The van der Waals surface area contributed by atoms with E-state index in [0.29, 0.717) is 13.2 Å². The summed E-state index contributed by atoms with van der Waals surface area (Å²) in [5.41, 5.74) is 0. The van der Waals surface area contributed by atoms with Crippen LogP contribution in [0.25, 0.3) is 0 Å². The first-order valence-corrected chi connectivity index (χ1v) is 12.3. The molecular weight excluding hydrogens is 432 g/mol. The molecule has 0 aliphatic carbocycles. The fourth-order valence-corrected chi connectivity index (χ4v) is 4.82. The van der Waals surface area contributed by atoms with Gasteiger partial charge in [-0.1, -0.05) is 0 Å². The van der Waals surface area contributed by atoms with Crippen LogP contribution >= 0.6 is 0 Å². The normalized spacial score (nSPS) is 13.4. The molecule has 186 valence electrons. The second-order valence-corrected chi connectivity index (χ2v) is 8.71. The van der Waals surface area contributed by atoms with E-state index in [4.69, 9.17) is 46.4 Å². The Balaban J connectivity index is 5.93. The average molecular weight is 473 g/mol. The van der Waals surface area contributed by atoms with Crippen LogP contribution in [0.2, 0.25) is 6.04 Å². The molecule has 12 heteroatoms. The first-order valence-electron chi connectivity index (χ1n) is 10.4. The maximum Gasteiger partial charge on any atom is 0.506 e. The largest absolute Gasteiger partial charge is 0.506 e. The van der Waals surface area contributed by atoms with Crippen molar-refractivity contribution in [3.63, 3.8) is 0 Å². The van der Waals surface area contributed by atoms with Gasteiger partial charge in [0.25, 0.3) is 0 Å². The minimum Gasteiger partial charge on any atom is -0.466 e. The van der Waals surface area contributed by atoms with Gasteiger partial charge in [0.05, 0.1) is 39.1 Å². The van der Waals surface area contributed by atoms with Crippen LogP contribution in [0.3, 0.4) is 0 Å². The Bertz CT molecular complexity index is 437. The Labute approximate surface area is 186 Å². The summed E-state index contributed by atoms with van der Waals surface area (Å²) in [5, 5.41) is 0. The van der Waals surface area contributed by atoms with Crippen molar-refractivity contribution in [2.24, 2.45) is 0 Å². The topological polar surface area (TPSA) is 109 Å². The zero-order chi connectivity index (χ0) is 23.6. The van der Waals surface area contributed by atoms with Gasteiger partial charge in [0.2, 0.25) is 6.29 Å². The molecule has 0 aromatic heterocycles. The number of carbonyl (C=O) groups is 1. The van der Waals surface area contributed by atoms with Crippen molar-refractivity contribution in [1.29, 1.82) is 0 Å². The smallest absolute Gasteiger partial charge is 0.466 e. The van der Waals surface area contributed by atoms with Crippen molar-refractivity contribution in [3.05, 3.63) is 0 Å². The quantitative estimate of drug-likeness (QED) is 0.105. The van der Waals surface area contributed by atoms with Crippen LogP contribution < -0.4 is 0 Å². The van der Waals surface area contributed by atoms with Crippen LogP contribution in [-0.2, 0) is 51.2 Å². The fourth-order valence-electron chi connectivity index (χ4n) is 2.51. The lowest BCUT2D eigenvalue weighted by molar-refractivity contribution is -0.440. The molecule has 0 bridgehead atoms. The minimum atomic E-state index is -3.52. The van der Waals surface area contributed by atoms with E-state index in [9.17, 15) is 4.79 Å². The van der Waals surface area contributed by atoms with Crippen LogP contribution in [0.1, 0.15) is 27.7 Å². The molecule has 0 spiro atoms. The fraction of sp³-hybridized carbons (Fsp3) is 0.947. The zero-order valence-corrected chi connectivity index (χ0v) is 20.9. The summed E-state index contributed by atoms with van der Waals surface area (Å²) in [6.45, 7) is 8.58. The predicted molar refractivity (Wildman–Crippen MR) is 112 cm³/mol. The second kappa shape index (κ2) is 17.8. The van der Waals surface area contributed by atoms with Crippen molar-refractivity contribution < 1.29 is 51.2 Å². The molecule has 0 aromatic carbocycles. The molecule has 1 unspecified atom stereocenters. The van der Waals surface area contributed by atoms with Gasteiger partial charge >= 0.3 is 20.7 Å². The van der Waals surface area contributed by atoms with Crippen molar-refractivity contribution in [1.82, 2.24) is 0 Å². The van der Waals surface area contributed by atoms with Crippen molar-refractivity contribution >= 4 is 14.8 Å². The number of rotatable bonds is 21. The minimum absolute atomic E-state index is 0.0314. The number of methoxy groups -OCH3 is 3. The summed E-state index contributed by atoms with van der Waals surface area (Å²) in [6, 6.07) is 0.168. The first-order chi connectivity index (χ1) is 14.9. The third kappa shape index (κ3) is 11.7. The van der Waals surface area contributed by atoms with Gasteiger partial charge in [-0.3, -0.25) is 4.79 Å². The lowest BCUT2D eigenvalue weighted by Gasteiger charge is -2.41. The van der Waals surface area contributed by atoms with Crippen LogP contribution in [-0.4, -0.2) is 101 Å². The molecule has 1 atom stereocenters. The van der Waals surface area contributed by atoms with Gasteiger partial charge < -0.3 is 46.4 Å². The molecule has 0 saturated heterocycles. The number of hydrogen-bond donors (Lipinski definition) is 0. The van der Waals surface area contributed by atoms with Crippen molar-refractivity contribution in [2.75, 3.05) is 74.2 Å². The highest BCUT2D eigenvalue weighted by molar-refractivity contribution is 6.60. The summed E-state index contributed by atoms with van der Waals surface area (Å²) < 4.78 is 56.6. The van der Waals surface area contributed by atoms with E-state index in [1.807, 2.05) is 0 Å². The van der Waals surface area contributed by atoms with E-state index in [-0.39, 0.29) is 45.7 Å². The lowest BCUT2D eigenvalue weighted by atomic mass is 10.5. The van der Waals surface area contributed by atoms with E-state index < -0.39 is 27.0 Å². The molecule has 0 aromatic rings. The highest BCUT2D eigenvalue weighted by atomic mass is 28.4. The van der Waals surface area contributed by atoms with E-state index in [2.05, 4.69) is 0 Å². The number of ether oxygens (including phenoxy) is 7. The Morgan fingerprint density at radius 1 is 0.839 bits per heavy atom. The molecule has 0 fully saturated rings. The summed E-state index contributed by atoms with van der Waals surface area (Å²) in [6.07, 6.45) is -1.14. The molecular formula is C19H40O11Si. The summed E-state index contributed by atoms with van der Waals surface area (Å²) in [4.78, 5) is 11.3. The number of carbonyl (C=O) groups excluding carboxylic acids is 1. The van der Waals surface area contributed by atoms with Gasteiger partial charge in [-0.2, -0.15) is 0 Å². The van der Waals surface area contributed by atoms with Crippen LogP contribution in [0.4, 0.5) is 0 Å². The van der Waals surface area contributed by atoms with Crippen molar-refractivity contribution in [2.45, 2.75) is 46.0 Å². The molecule has 0 radical (unpaired) electrons. The summed E-state index contributed by atoms with van der Waals surface area (Å²) >= 11 is 0. The van der Waals surface area contributed by atoms with Gasteiger partial charge in [0.15, 0.2) is 0 Å². The predicted octanol–water partition coefficient (Wildman–Crippen LogP) is 1.57. The van der Waals surface area contributed by atoms with E-state index in [0.717, 1.165) is 0 Å². The standard InChI is InChI=1S/C19H40O11Si/c1-8-24-18(19(23-7,26-9-2)27-10-3)30-31(28-13-11-21-5,29-14-12-22-6)16-15-25-17(4)20/h18H,8-16H2,1-7H3. The van der Waals surface area contributed by atoms with Crippen LogP contribution in [0.5, 0.6) is 0 Å². The van der Waals surface area contributed by atoms with Gasteiger partial charge in [-0.25, -0.2) is 0 Å². The SMILES string of the molecule is CCOC(O[Si](CCOC(C)=O)(OCCOC)OCCOC)C(OC)(OCC)OCC. The molecule has 0 amide bonds. The molecule has 0 N–H and O–H groups in total. The molecule has 31 heavy (non-hydrogen) atoms. The number of hydrogen-bond acceptors (Lipinski definition) is 11.